The lowest BCUT2D eigenvalue weighted by Crippen LogP contribution is -2.25. The molecule has 0 saturated carbocycles. The maximum atomic E-state index is 6.03. The van der Waals surface area contributed by atoms with Gasteiger partial charge in [-0.3, -0.25) is 0 Å². The molecular weight excluding hydrogens is 404 g/mol. The van der Waals surface area contributed by atoms with E-state index in [1.807, 2.05) is 42.5 Å². The van der Waals surface area contributed by atoms with Gasteiger partial charge in [-0.1, -0.05) is 90.2 Å². The molecule has 0 unspecified atom stereocenters. The van der Waals surface area contributed by atoms with Crippen molar-refractivity contribution in [2.24, 2.45) is 0 Å². The molecule has 0 aliphatic carbocycles. The first kappa shape index (κ1) is 18.0. The molecule has 0 aliphatic rings. The van der Waals surface area contributed by atoms with Crippen LogP contribution in [0.25, 0.3) is 27.5 Å². The molecule has 150 valence electrons. The highest BCUT2D eigenvalue weighted by Crippen LogP contribution is 2.41. The first-order chi connectivity index (χ1) is 15.2. The fourth-order valence-corrected chi connectivity index (χ4v) is 5.05. The second-order valence-corrected chi connectivity index (χ2v) is 8.59. The standard InChI is InChI=1S/C25H18N4OS/c1-25(18-11-4-2-5-12-18,19-13-6-3-7-14-19)23-28-29-22(26-27-24(29)31-23)21-16-17-10-8-9-15-20(17)30-21/h2-16H,1H3. The Balaban J connectivity index is 1.55. The Morgan fingerprint density at radius 3 is 2.13 bits per heavy atom. The summed E-state index contributed by atoms with van der Waals surface area (Å²) in [4.78, 5) is 0.739. The highest BCUT2D eigenvalue weighted by molar-refractivity contribution is 7.16. The third-order valence-electron chi connectivity index (χ3n) is 5.77. The number of hydrogen-bond donors (Lipinski definition) is 0. The van der Waals surface area contributed by atoms with Gasteiger partial charge in [-0.05, 0) is 30.2 Å². The second-order valence-electron chi connectivity index (χ2n) is 7.63. The zero-order valence-corrected chi connectivity index (χ0v) is 17.6. The summed E-state index contributed by atoms with van der Waals surface area (Å²) in [6, 6.07) is 30.8. The van der Waals surface area contributed by atoms with Gasteiger partial charge in [0.1, 0.15) is 10.6 Å². The van der Waals surface area contributed by atoms with E-state index in [4.69, 9.17) is 9.52 Å². The van der Waals surface area contributed by atoms with Crippen LogP contribution in [0.3, 0.4) is 0 Å². The highest BCUT2D eigenvalue weighted by Gasteiger charge is 2.35. The average Bonchev–Trinajstić information content (AvgIpc) is 3.53. The summed E-state index contributed by atoms with van der Waals surface area (Å²) in [5.41, 5.74) is 2.76. The number of aromatic nitrogens is 4. The molecule has 0 saturated heterocycles. The predicted octanol–water partition coefficient (Wildman–Crippen LogP) is 5.95. The van der Waals surface area contributed by atoms with Crippen LogP contribution in [-0.2, 0) is 5.41 Å². The lowest BCUT2D eigenvalue weighted by atomic mass is 9.77. The number of para-hydroxylation sites is 1. The molecule has 0 bridgehead atoms. The summed E-state index contributed by atoms with van der Waals surface area (Å²) in [5.74, 6) is 1.27. The van der Waals surface area contributed by atoms with Crippen LogP contribution in [0.15, 0.2) is 95.4 Å². The van der Waals surface area contributed by atoms with Gasteiger partial charge in [-0.15, -0.1) is 10.2 Å². The predicted molar refractivity (Wildman–Crippen MR) is 122 cm³/mol. The number of rotatable bonds is 4. The molecule has 3 aromatic heterocycles. The topological polar surface area (TPSA) is 56.2 Å². The number of benzene rings is 3. The van der Waals surface area contributed by atoms with E-state index in [0.29, 0.717) is 11.6 Å². The van der Waals surface area contributed by atoms with E-state index in [9.17, 15) is 0 Å². The van der Waals surface area contributed by atoms with Gasteiger partial charge in [-0.2, -0.15) is 9.61 Å². The van der Waals surface area contributed by atoms with Gasteiger partial charge < -0.3 is 4.42 Å². The molecule has 0 N–H and O–H groups in total. The van der Waals surface area contributed by atoms with E-state index < -0.39 is 5.41 Å². The Bertz CT molecular complexity index is 1430. The average molecular weight is 423 g/mol. The van der Waals surface area contributed by atoms with Gasteiger partial charge in [-0.25, -0.2) is 0 Å². The molecule has 6 rings (SSSR count). The minimum absolute atomic E-state index is 0.418. The zero-order chi connectivity index (χ0) is 20.8. The van der Waals surface area contributed by atoms with Crippen molar-refractivity contribution in [1.82, 2.24) is 19.8 Å². The van der Waals surface area contributed by atoms with Crippen LogP contribution in [0, 0.1) is 0 Å². The molecule has 3 aromatic carbocycles. The van der Waals surface area contributed by atoms with E-state index in [2.05, 4.69) is 65.7 Å². The number of fused-ring (bicyclic) bond motifs is 2. The summed E-state index contributed by atoms with van der Waals surface area (Å²) in [7, 11) is 0. The van der Waals surface area contributed by atoms with E-state index in [0.717, 1.165) is 20.9 Å². The monoisotopic (exact) mass is 422 g/mol. The molecule has 0 aliphatic heterocycles. The molecule has 3 heterocycles. The molecule has 0 fully saturated rings. The first-order valence-electron chi connectivity index (χ1n) is 10.1. The largest absolute Gasteiger partial charge is 0.453 e. The summed E-state index contributed by atoms with van der Waals surface area (Å²) >= 11 is 1.55. The van der Waals surface area contributed by atoms with Gasteiger partial charge in [0, 0.05) is 5.39 Å². The van der Waals surface area contributed by atoms with E-state index in [-0.39, 0.29) is 0 Å². The first-order valence-corrected chi connectivity index (χ1v) is 10.9. The summed E-state index contributed by atoms with van der Waals surface area (Å²) in [6.45, 7) is 2.21. The van der Waals surface area contributed by atoms with Crippen molar-refractivity contribution in [2.45, 2.75) is 12.3 Å². The van der Waals surface area contributed by atoms with Crippen molar-refractivity contribution in [3.05, 3.63) is 107 Å². The van der Waals surface area contributed by atoms with Gasteiger partial charge in [0.25, 0.3) is 0 Å². The van der Waals surface area contributed by atoms with Crippen molar-refractivity contribution in [1.29, 1.82) is 0 Å². The number of nitrogens with zero attached hydrogens (tertiary/aromatic N) is 4. The Morgan fingerprint density at radius 1 is 0.806 bits per heavy atom. The fourth-order valence-electron chi connectivity index (χ4n) is 4.02. The van der Waals surface area contributed by atoms with Crippen LogP contribution in [0.4, 0.5) is 0 Å². The lowest BCUT2D eigenvalue weighted by molar-refractivity contribution is 0.618. The van der Waals surface area contributed by atoms with Crippen molar-refractivity contribution in [2.75, 3.05) is 0 Å². The SMILES string of the molecule is CC(c1ccccc1)(c1ccccc1)c1nn2c(-c3cc4ccccc4o3)nnc2s1. The molecule has 31 heavy (non-hydrogen) atoms. The van der Waals surface area contributed by atoms with Crippen molar-refractivity contribution < 1.29 is 4.42 Å². The second kappa shape index (κ2) is 6.89. The number of furan rings is 1. The third kappa shape index (κ3) is 2.79. The molecule has 5 nitrogen and oxygen atoms in total. The van der Waals surface area contributed by atoms with Gasteiger partial charge in [0.2, 0.25) is 10.8 Å². The van der Waals surface area contributed by atoms with E-state index in [1.165, 1.54) is 11.1 Å². The summed E-state index contributed by atoms with van der Waals surface area (Å²) in [6.07, 6.45) is 0. The number of hydrogen-bond acceptors (Lipinski definition) is 5. The van der Waals surface area contributed by atoms with E-state index in [1.54, 1.807) is 15.9 Å². The van der Waals surface area contributed by atoms with E-state index >= 15 is 0 Å². The van der Waals surface area contributed by atoms with Crippen LogP contribution < -0.4 is 0 Å². The van der Waals surface area contributed by atoms with Gasteiger partial charge in [0.15, 0.2) is 5.76 Å². The maximum absolute atomic E-state index is 6.03. The van der Waals surface area contributed by atoms with Gasteiger partial charge in [0.05, 0.1) is 5.41 Å². The summed E-state index contributed by atoms with van der Waals surface area (Å²) in [5, 5.41) is 15.7. The molecule has 6 heteroatoms. The van der Waals surface area contributed by atoms with Crippen LogP contribution in [0.1, 0.15) is 23.1 Å². The van der Waals surface area contributed by atoms with Gasteiger partial charge >= 0.3 is 0 Å². The third-order valence-corrected chi connectivity index (χ3v) is 6.89. The smallest absolute Gasteiger partial charge is 0.235 e. The molecule has 0 spiro atoms. The van der Waals surface area contributed by atoms with Crippen molar-refractivity contribution in [3.63, 3.8) is 0 Å². The minimum Gasteiger partial charge on any atom is -0.453 e. The maximum Gasteiger partial charge on any atom is 0.235 e. The summed E-state index contributed by atoms with van der Waals surface area (Å²) < 4.78 is 7.82. The molecule has 0 radical (unpaired) electrons. The Morgan fingerprint density at radius 2 is 1.45 bits per heavy atom. The Hall–Kier alpha value is -3.77. The fraction of sp³-hybridized carbons (Fsp3) is 0.0800. The van der Waals surface area contributed by atoms with Crippen LogP contribution in [0.2, 0.25) is 0 Å². The molecule has 0 atom stereocenters. The van der Waals surface area contributed by atoms with Crippen LogP contribution in [-0.4, -0.2) is 19.8 Å². The quantitative estimate of drug-likeness (QED) is 0.352. The van der Waals surface area contributed by atoms with Crippen LogP contribution in [0.5, 0.6) is 0 Å². The molecule has 6 aromatic rings. The van der Waals surface area contributed by atoms with Crippen LogP contribution >= 0.6 is 11.3 Å². The Kier molecular flexibility index (Phi) is 4.01. The zero-order valence-electron chi connectivity index (χ0n) is 16.8. The Labute approximate surface area is 182 Å². The lowest BCUT2D eigenvalue weighted by Gasteiger charge is -2.28. The normalized spacial score (nSPS) is 12.0. The highest BCUT2D eigenvalue weighted by atomic mass is 32.1. The molecule has 0 amide bonds. The minimum atomic E-state index is -0.418. The van der Waals surface area contributed by atoms with Crippen molar-refractivity contribution in [3.8, 4) is 11.6 Å². The molecular formula is C25H18N4OS. The van der Waals surface area contributed by atoms with Crippen molar-refractivity contribution >= 4 is 27.3 Å².